The second-order valence-corrected chi connectivity index (χ2v) is 11.5. The highest BCUT2D eigenvalue weighted by Gasteiger charge is 2.35. The van der Waals surface area contributed by atoms with Gasteiger partial charge in [0.15, 0.2) is 5.78 Å². The fourth-order valence-electron chi connectivity index (χ4n) is 5.63. The first-order chi connectivity index (χ1) is 18.3. The molecule has 7 nitrogen and oxygen atoms in total. The Morgan fingerprint density at radius 3 is 2.55 bits per heavy atom. The minimum absolute atomic E-state index is 0.0510. The molecule has 1 aromatic heterocycles. The van der Waals surface area contributed by atoms with Crippen LogP contribution in [0.5, 0.6) is 0 Å². The van der Waals surface area contributed by atoms with Gasteiger partial charge in [-0.3, -0.25) is 19.3 Å². The van der Waals surface area contributed by atoms with Crippen LogP contribution in [0.25, 0.3) is 0 Å². The van der Waals surface area contributed by atoms with Gasteiger partial charge in [-0.2, -0.15) is 0 Å². The lowest BCUT2D eigenvalue weighted by atomic mass is 9.83. The Bertz CT molecular complexity index is 1120. The summed E-state index contributed by atoms with van der Waals surface area (Å²) in [7, 11) is 0. The molecule has 4 rings (SSSR count). The van der Waals surface area contributed by atoms with Gasteiger partial charge < -0.3 is 10.6 Å². The molecule has 38 heavy (non-hydrogen) atoms. The molecule has 0 radical (unpaired) electrons. The number of nitrogens with one attached hydrogen (secondary N) is 2. The first-order valence-corrected chi connectivity index (χ1v) is 14.2. The van der Waals surface area contributed by atoms with E-state index in [9.17, 15) is 14.4 Å². The van der Waals surface area contributed by atoms with E-state index in [4.69, 9.17) is 11.6 Å². The number of nitrogens with zero attached hydrogens (tertiary/aromatic N) is 2. The number of amides is 2. The maximum Gasteiger partial charge on any atom is 0.253 e. The normalized spacial score (nSPS) is 20.7. The van der Waals surface area contributed by atoms with E-state index in [1.165, 1.54) is 17.3 Å². The van der Waals surface area contributed by atoms with Crippen molar-refractivity contribution in [1.29, 1.82) is 0 Å². The predicted molar refractivity (Wildman–Crippen MR) is 149 cm³/mol. The molecular weight excluding hydrogens is 500 g/mol. The highest BCUT2D eigenvalue weighted by Crippen LogP contribution is 2.26. The lowest BCUT2D eigenvalue weighted by molar-refractivity contribution is -0.132. The molecule has 8 heteroatoms. The molecule has 3 atom stereocenters. The SMILES string of the molecule is CC(C)C[C@H](NC(=O)[C@@H]1CCCC[C@@H]1NC(=O)c1ccc(Cl)nc1)C(=O)CN1CCCc2ccccc2C1. The maximum atomic E-state index is 13.5. The molecule has 1 aromatic carbocycles. The number of Topliss-reactive ketones (excluding diaryl/α,β-unsaturated/α-hetero) is 1. The van der Waals surface area contributed by atoms with Gasteiger partial charge in [0.05, 0.1) is 24.1 Å². The summed E-state index contributed by atoms with van der Waals surface area (Å²) in [6.45, 7) is 6.07. The number of benzene rings is 1. The second kappa shape index (κ2) is 13.3. The molecule has 2 N–H and O–H groups in total. The van der Waals surface area contributed by atoms with Crippen LogP contribution in [-0.2, 0) is 22.6 Å². The Balaban J connectivity index is 1.40. The molecule has 204 valence electrons. The van der Waals surface area contributed by atoms with Crippen molar-refractivity contribution in [2.45, 2.75) is 77.4 Å². The van der Waals surface area contributed by atoms with Crippen LogP contribution in [0.15, 0.2) is 42.6 Å². The topological polar surface area (TPSA) is 91.4 Å². The van der Waals surface area contributed by atoms with Crippen LogP contribution in [0.1, 0.15) is 73.9 Å². The number of aryl methyl sites for hydroxylation is 1. The lowest BCUT2D eigenvalue weighted by Crippen LogP contribution is -2.53. The molecule has 2 aliphatic rings. The minimum Gasteiger partial charge on any atom is -0.348 e. The first-order valence-electron chi connectivity index (χ1n) is 13.8. The Kier molecular flexibility index (Phi) is 9.91. The Morgan fingerprint density at radius 2 is 1.82 bits per heavy atom. The van der Waals surface area contributed by atoms with Crippen LogP contribution in [0.3, 0.4) is 0 Å². The number of fused-ring (bicyclic) bond motifs is 1. The number of carbonyl (C=O) groups is 3. The third kappa shape index (κ3) is 7.64. The van der Waals surface area contributed by atoms with Gasteiger partial charge >= 0.3 is 0 Å². The number of rotatable bonds is 9. The van der Waals surface area contributed by atoms with Crippen molar-refractivity contribution >= 4 is 29.2 Å². The van der Waals surface area contributed by atoms with Gasteiger partial charge in [0.25, 0.3) is 5.91 Å². The molecule has 2 aromatic rings. The number of ketones is 1. The fraction of sp³-hybridized carbons (Fsp3) is 0.533. The van der Waals surface area contributed by atoms with Crippen molar-refractivity contribution in [2.75, 3.05) is 13.1 Å². The van der Waals surface area contributed by atoms with E-state index >= 15 is 0 Å². The van der Waals surface area contributed by atoms with Crippen molar-refractivity contribution in [3.05, 3.63) is 64.4 Å². The average Bonchev–Trinajstić information content (AvgIpc) is 3.10. The van der Waals surface area contributed by atoms with Crippen molar-refractivity contribution < 1.29 is 14.4 Å². The third-order valence-corrected chi connectivity index (χ3v) is 7.86. The average molecular weight is 539 g/mol. The zero-order chi connectivity index (χ0) is 27.1. The molecular formula is C30H39ClN4O3. The number of hydrogen-bond acceptors (Lipinski definition) is 5. The zero-order valence-electron chi connectivity index (χ0n) is 22.4. The quantitative estimate of drug-likeness (QED) is 0.456. The van der Waals surface area contributed by atoms with Gasteiger partial charge in [-0.05, 0) is 67.8 Å². The van der Waals surface area contributed by atoms with Gasteiger partial charge in [0.2, 0.25) is 5.91 Å². The first kappa shape index (κ1) is 28.2. The summed E-state index contributed by atoms with van der Waals surface area (Å²) in [6.07, 6.45) is 7.33. The van der Waals surface area contributed by atoms with E-state index in [0.717, 1.165) is 45.2 Å². The van der Waals surface area contributed by atoms with Crippen LogP contribution >= 0.6 is 11.6 Å². The molecule has 1 saturated carbocycles. The lowest BCUT2D eigenvalue weighted by Gasteiger charge is -2.33. The van der Waals surface area contributed by atoms with E-state index < -0.39 is 6.04 Å². The van der Waals surface area contributed by atoms with Crippen molar-refractivity contribution in [2.24, 2.45) is 11.8 Å². The Morgan fingerprint density at radius 1 is 1.05 bits per heavy atom. The van der Waals surface area contributed by atoms with Crippen LogP contribution in [0.2, 0.25) is 5.15 Å². The van der Waals surface area contributed by atoms with Gasteiger partial charge in [-0.15, -0.1) is 0 Å². The minimum atomic E-state index is -0.542. The highest BCUT2D eigenvalue weighted by atomic mass is 35.5. The van der Waals surface area contributed by atoms with E-state index in [0.29, 0.717) is 30.1 Å². The van der Waals surface area contributed by atoms with Gasteiger partial charge in [-0.25, -0.2) is 4.98 Å². The summed E-state index contributed by atoms with van der Waals surface area (Å²) >= 11 is 5.85. The predicted octanol–water partition coefficient (Wildman–Crippen LogP) is 4.57. The summed E-state index contributed by atoms with van der Waals surface area (Å²) < 4.78 is 0. The number of aromatic nitrogens is 1. The van der Waals surface area contributed by atoms with Crippen LogP contribution in [0.4, 0.5) is 0 Å². The molecule has 1 aliphatic heterocycles. The molecule has 0 bridgehead atoms. The summed E-state index contributed by atoms with van der Waals surface area (Å²) in [5.41, 5.74) is 3.04. The summed E-state index contributed by atoms with van der Waals surface area (Å²) in [4.78, 5) is 46.0. The Hall–Kier alpha value is -2.77. The Labute approximate surface area is 230 Å². The van der Waals surface area contributed by atoms with Crippen LogP contribution in [-0.4, -0.2) is 52.7 Å². The second-order valence-electron chi connectivity index (χ2n) is 11.1. The summed E-state index contributed by atoms with van der Waals surface area (Å²) in [5.74, 6) is -0.483. The fourth-order valence-corrected chi connectivity index (χ4v) is 5.75. The summed E-state index contributed by atoms with van der Waals surface area (Å²) in [6, 6.07) is 10.8. The van der Waals surface area contributed by atoms with Gasteiger partial charge in [0.1, 0.15) is 5.15 Å². The van der Waals surface area contributed by atoms with E-state index in [1.807, 2.05) is 0 Å². The van der Waals surface area contributed by atoms with E-state index in [-0.39, 0.29) is 35.5 Å². The molecule has 1 fully saturated rings. The summed E-state index contributed by atoms with van der Waals surface area (Å²) in [5, 5.41) is 6.45. The molecule has 0 unspecified atom stereocenters. The molecule has 0 spiro atoms. The molecule has 2 amide bonds. The van der Waals surface area contributed by atoms with Gasteiger partial charge in [-0.1, -0.05) is 62.6 Å². The number of halogens is 1. The van der Waals surface area contributed by atoms with E-state index in [1.54, 1.807) is 12.1 Å². The van der Waals surface area contributed by atoms with Crippen LogP contribution in [0, 0.1) is 11.8 Å². The molecule has 1 aliphatic carbocycles. The smallest absolute Gasteiger partial charge is 0.253 e. The largest absolute Gasteiger partial charge is 0.348 e. The zero-order valence-corrected chi connectivity index (χ0v) is 23.2. The van der Waals surface area contributed by atoms with Crippen molar-refractivity contribution in [3.8, 4) is 0 Å². The molecule has 0 saturated heterocycles. The standard InChI is InChI=1S/C30H39ClN4O3/c1-20(2)16-26(27(36)19-35-15-7-10-21-8-3-4-9-23(21)18-35)34-30(38)24-11-5-6-12-25(24)33-29(37)22-13-14-28(31)32-17-22/h3-4,8-9,13-14,17,20,24-26H,5-7,10-12,15-16,18-19H2,1-2H3,(H,33,37)(H,34,38)/t24-,25+,26+/m1/s1. The third-order valence-electron chi connectivity index (χ3n) is 7.63. The molecule has 2 heterocycles. The number of hydrogen-bond donors (Lipinski definition) is 2. The van der Waals surface area contributed by atoms with Crippen LogP contribution < -0.4 is 10.6 Å². The van der Waals surface area contributed by atoms with Gasteiger partial charge in [0, 0.05) is 18.8 Å². The highest BCUT2D eigenvalue weighted by molar-refractivity contribution is 6.29. The van der Waals surface area contributed by atoms with Crippen molar-refractivity contribution in [3.63, 3.8) is 0 Å². The monoisotopic (exact) mass is 538 g/mol. The van der Waals surface area contributed by atoms with Crippen molar-refractivity contribution in [1.82, 2.24) is 20.5 Å². The maximum absolute atomic E-state index is 13.5. The number of carbonyl (C=O) groups excluding carboxylic acids is 3. The number of pyridine rings is 1. The van der Waals surface area contributed by atoms with E-state index in [2.05, 4.69) is 58.6 Å².